The van der Waals surface area contributed by atoms with E-state index in [4.69, 9.17) is 0 Å². The average molecular weight is 185 g/mol. The van der Waals surface area contributed by atoms with E-state index < -0.39 is 6.10 Å². The Labute approximate surface area is 79.5 Å². The van der Waals surface area contributed by atoms with Crippen LogP contribution in [0.5, 0.6) is 0 Å². The Balaban J connectivity index is 2.31. The van der Waals surface area contributed by atoms with Crippen molar-refractivity contribution in [1.29, 1.82) is 0 Å². The molecule has 1 aliphatic rings. The zero-order valence-corrected chi connectivity index (χ0v) is 8.42. The average Bonchev–Trinajstić information content (AvgIpc) is 2.55. The van der Waals surface area contributed by atoms with Gasteiger partial charge < -0.3 is 10.4 Å². The van der Waals surface area contributed by atoms with Crippen molar-refractivity contribution in [2.45, 2.75) is 51.7 Å². The Morgan fingerprint density at radius 3 is 2.38 bits per heavy atom. The van der Waals surface area contributed by atoms with E-state index >= 15 is 0 Å². The molecule has 0 aromatic rings. The summed E-state index contributed by atoms with van der Waals surface area (Å²) in [6.07, 6.45) is 4.07. The molecule has 0 saturated heterocycles. The van der Waals surface area contributed by atoms with E-state index in [1.807, 2.05) is 0 Å². The number of hydrogen-bond acceptors (Lipinski definition) is 2. The summed E-state index contributed by atoms with van der Waals surface area (Å²) in [6, 6.07) is 0.355. The molecule has 13 heavy (non-hydrogen) atoms. The van der Waals surface area contributed by atoms with Gasteiger partial charge in [-0.3, -0.25) is 4.79 Å². The lowest BCUT2D eigenvalue weighted by Crippen LogP contribution is -2.39. The number of rotatable bonds is 3. The molecule has 0 aromatic carbocycles. The molecule has 0 bridgehead atoms. The SMILES string of the molecule is CC(O)[C@H](C)C(=O)NC1CCCC1. The number of aliphatic hydroxyl groups is 1. The van der Waals surface area contributed by atoms with Crippen LogP contribution in [0, 0.1) is 5.92 Å². The minimum atomic E-state index is -0.554. The molecule has 1 aliphatic carbocycles. The molecule has 2 N–H and O–H groups in total. The van der Waals surface area contributed by atoms with E-state index in [9.17, 15) is 9.90 Å². The monoisotopic (exact) mass is 185 g/mol. The maximum absolute atomic E-state index is 11.5. The first-order valence-corrected chi connectivity index (χ1v) is 5.09. The number of hydrogen-bond donors (Lipinski definition) is 2. The molecule has 1 rings (SSSR count). The van der Waals surface area contributed by atoms with Gasteiger partial charge in [-0.1, -0.05) is 19.8 Å². The van der Waals surface area contributed by atoms with Gasteiger partial charge in [0, 0.05) is 6.04 Å². The van der Waals surface area contributed by atoms with Crippen LogP contribution in [-0.4, -0.2) is 23.2 Å². The van der Waals surface area contributed by atoms with Gasteiger partial charge in [0.05, 0.1) is 12.0 Å². The molecule has 0 radical (unpaired) electrons. The molecule has 1 unspecified atom stereocenters. The van der Waals surface area contributed by atoms with E-state index in [1.165, 1.54) is 12.8 Å². The molecule has 0 heterocycles. The second kappa shape index (κ2) is 4.61. The third-order valence-electron chi connectivity index (χ3n) is 2.84. The second-order valence-electron chi connectivity index (χ2n) is 4.02. The van der Waals surface area contributed by atoms with E-state index in [2.05, 4.69) is 5.32 Å². The summed E-state index contributed by atoms with van der Waals surface area (Å²) in [5.74, 6) is -0.303. The van der Waals surface area contributed by atoms with Crippen LogP contribution in [0.4, 0.5) is 0 Å². The molecule has 76 valence electrons. The Kier molecular flexibility index (Phi) is 3.72. The van der Waals surface area contributed by atoms with Crippen LogP contribution >= 0.6 is 0 Å². The fraction of sp³-hybridized carbons (Fsp3) is 0.900. The Bertz CT molecular complexity index is 174. The normalized spacial score (nSPS) is 22.7. The molecule has 2 atom stereocenters. The minimum Gasteiger partial charge on any atom is -0.393 e. The van der Waals surface area contributed by atoms with Crippen LogP contribution in [0.15, 0.2) is 0 Å². The first-order valence-electron chi connectivity index (χ1n) is 5.09. The highest BCUT2D eigenvalue weighted by Gasteiger charge is 2.22. The number of carbonyl (C=O) groups is 1. The standard InChI is InChI=1S/C10H19NO2/c1-7(8(2)12)10(13)11-9-5-3-4-6-9/h7-9,12H,3-6H2,1-2H3,(H,11,13)/t7-,8?/m0/s1. The van der Waals surface area contributed by atoms with Gasteiger partial charge in [0.15, 0.2) is 0 Å². The second-order valence-corrected chi connectivity index (χ2v) is 4.02. The highest BCUT2D eigenvalue weighted by atomic mass is 16.3. The van der Waals surface area contributed by atoms with Gasteiger partial charge in [0.25, 0.3) is 0 Å². The van der Waals surface area contributed by atoms with Gasteiger partial charge in [0.1, 0.15) is 0 Å². The lowest BCUT2D eigenvalue weighted by molar-refractivity contribution is -0.128. The Morgan fingerprint density at radius 1 is 1.38 bits per heavy atom. The van der Waals surface area contributed by atoms with Crippen LogP contribution in [0.1, 0.15) is 39.5 Å². The van der Waals surface area contributed by atoms with Gasteiger partial charge in [0.2, 0.25) is 5.91 Å². The quantitative estimate of drug-likeness (QED) is 0.690. The predicted molar refractivity (Wildman–Crippen MR) is 51.2 cm³/mol. The Morgan fingerprint density at radius 2 is 1.92 bits per heavy atom. The van der Waals surface area contributed by atoms with Crippen molar-refractivity contribution in [2.75, 3.05) is 0 Å². The van der Waals surface area contributed by atoms with Crippen molar-refractivity contribution < 1.29 is 9.90 Å². The summed E-state index contributed by atoms with van der Waals surface area (Å²) in [4.78, 5) is 11.5. The van der Waals surface area contributed by atoms with E-state index in [0.29, 0.717) is 6.04 Å². The zero-order valence-electron chi connectivity index (χ0n) is 8.42. The zero-order chi connectivity index (χ0) is 9.84. The fourth-order valence-electron chi connectivity index (χ4n) is 1.62. The van der Waals surface area contributed by atoms with Gasteiger partial charge in [-0.2, -0.15) is 0 Å². The number of aliphatic hydroxyl groups excluding tert-OH is 1. The van der Waals surface area contributed by atoms with Crippen LogP contribution in [0.25, 0.3) is 0 Å². The lowest BCUT2D eigenvalue weighted by Gasteiger charge is -2.18. The van der Waals surface area contributed by atoms with Crippen LogP contribution in [0.2, 0.25) is 0 Å². The highest BCUT2D eigenvalue weighted by Crippen LogP contribution is 2.18. The maximum Gasteiger partial charge on any atom is 0.225 e. The smallest absolute Gasteiger partial charge is 0.225 e. The molecule has 3 nitrogen and oxygen atoms in total. The fourth-order valence-corrected chi connectivity index (χ4v) is 1.62. The number of carbonyl (C=O) groups excluding carboxylic acids is 1. The van der Waals surface area contributed by atoms with Crippen LogP contribution < -0.4 is 5.32 Å². The summed E-state index contributed by atoms with van der Waals surface area (Å²) in [6.45, 7) is 3.41. The first-order chi connectivity index (χ1) is 6.11. The maximum atomic E-state index is 11.5. The largest absolute Gasteiger partial charge is 0.393 e. The van der Waals surface area contributed by atoms with Crippen LogP contribution in [-0.2, 0) is 4.79 Å². The van der Waals surface area contributed by atoms with Crippen molar-refractivity contribution in [3.8, 4) is 0 Å². The predicted octanol–water partition coefficient (Wildman–Crippen LogP) is 1.06. The molecule has 0 spiro atoms. The van der Waals surface area contributed by atoms with Gasteiger partial charge >= 0.3 is 0 Å². The summed E-state index contributed by atoms with van der Waals surface area (Å²) < 4.78 is 0. The van der Waals surface area contributed by atoms with Gasteiger partial charge in [-0.05, 0) is 19.8 Å². The lowest BCUT2D eigenvalue weighted by atomic mass is 10.1. The van der Waals surface area contributed by atoms with Crippen molar-refractivity contribution in [2.24, 2.45) is 5.92 Å². The summed E-state index contributed by atoms with van der Waals surface area (Å²) in [5.41, 5.74) is 0. The Hall–Kier alpha value is -0.570. The molecular weight excluding hydrogens is 166 g/mol. The van der Waals surface area contributed by atoms with E-state index in [1.54, 1.807) is 13.8 Å². The van der Waals surface area contributed by atoms with E-state index in [-0.39, 0.29) is 11.8 Å². The van der Waals surface area contributed by atoms with Crippen molar-refractivity contribution >= 4 is 5.91 Å². The third-order valence-corrected chi connectivity index (χ3v) is 2.84. The molecule has 0 aromatic heterocycles. The summed E-state index contributed by atoms with van der Waals surface area (Å²) in [7, 11) is 0. The van der Waals surface area contributed by atoms with Crippen molar-refractivity contribution in [3.05, 3.63) is 0 Å². The van der Waals surface area contributed by atoms with Crippen LogP contribution in [0.3, 0.4) is 0 Å². The summed E-state index contributed by atoms with van der Waals surface area (Å²) in [5, 5.41) is 12.2. The molecule has 1 amide bonds. The highest BCUT2D eigenvalue weighted by molar-refractivity contribution is 5.79. The third kappa shape index (κ3) is 2.99. The molecule has 0 aliphatic heterocycles. The number of amides is 1. The molecule has 1 fully saturated rings. The molecule has 1 saturated carbocycles. The van der Waals surface area contributed by atoms with Crippen molar-refractivity contribution in [1.82, 2.24) is 5.32 Å². The molecular formula is C10H19NO2. The minimum absolute atomic E-state index is 0.0121. The van der Waals surface area contributed by atoms with Gasteiger partial charge in [-0.25, -0.2) is 0 Å². The first kappa shape index (κ1) is 10.5. The summed E-state index contributed by atoms with van der Waals surface area (Å²) >= 11 is 0. The number of nitrogens with one attached hydrogen (secondary N) is 1. The topological polar surface area (TPSA) is 49.3 Å². The molecule has 3 heteroatoms. The van der Waals surface area contributed by atoms with Crippen molar-refractivity contribution in [3.63, 3.8) is 0 Å². The van der Waals surface area contributed by atoms with Gasteiger partial charge in [-0.15, -0.1) is 0 Å². The van der Waals surface area contributed by atoms with E-state index in [0.717, 1.165) is 12.8 Å².